The molecule has 0 fully saturated rings. The van der Waals surface area contributed by atoms with Crippen molar-refractivity contribution in [3.05, 3.63) is 47.0 Å². The molecule has 1 aromatic carbocycles. The molecule has 2 aliphatic rings. The Morgan fingerprint density at radius 3 is 2.04 bits per heavy atom. The second-order valence-corrected chi connectivity index (χ2v) is 9.16. The van der Waals surface area contributed by atoms with Crippen LogP contribution in [0.3, 0.4) is 0 Å². The van der Waals surface area contributed by atoms with Crippen LogP contribution in [0.5, 0.6) is 0 Å². The third-order valence-electron chi connectivity index (χ3n) is 5.38. The van der Waals surface area contributed by atoms with Crippen LogP contribution in [0.2, 0.25) is 0 Å². The van der Waals surface area contributed by atoms with Gasteiger partial charge in [0.1, 0.15) is 0 Å². The van der Waals surface area contributed by atoms with E-state index in [-0.39, 0.29) is 34.6 Å². The predicted molar refractivity (Wildman–Crippen MR) is 95.5 cm³/mol. The maximum Gasteiger partial charge on any atom is 0.254 e. The van der Waals surface area contributed by atoms with Crippen molar-refractivity contribution in [3.8, 4) is 0 Å². The fourth-order valence-corrected chi connectivity index (χ4v) is 3.89. The summed E-state index contributed by atoms with van der Waals surface area (Å²) < 4.78 is 0. The number of imide groups is 1. The van der Waals surface area contributed by atoms with Crippen molar-refractivity contribution in [1.82, 2.24) is 4.90 Å². The van der Waals surface area contributed by atoms with Crippen molar-refractivity contribution in [2.75, 3.05) is 0 Å². The zero-order valence-corrected chi connectivity index (χ0v) is 15.5. The lowest BCUT2D eigenvalue weighted by Gasteiger charge is -2.36. The van der Waals surface area contributed by atoms with Gasteiger partial charge in [-0.15, -0.1) is 0 Å². The van der Waals surface area contributed by atoms with Crippen molar-refractivity contribution >= 4 is 11.8 Å². The van der Waals surface area contributed by atoms with Gasteiger partial charge in [0.25, 0.3) is 11.8 Å². The van der Waals surface area contributed by atoms with Gasteiger partial charge in [-0.1, -0.05) is 59.7 Å². The molecule has 2 amide bonds. The Labute approximate surface area is 144 Å². The smallest absolute Gasteiger partial charge is 0.254 e. The van der Waals surface area contributed by atoms with Gasteiger partial charge in [0, 0.05) is 12.2 Å². The van der Waals surface area contributed by atoms with Gasteiger partial charge in [-0.2, -0.15) is 0 Å². The van der Waals surface area contributed by atoms with Crippen LogP contribution in [0.15, 0.2) is 30.4 Å². The Hall–Kier alpha value is -1.90. The number of amides is 2. The summed E-state index contributed by atoms with van der Waals surface area (Å²) in [4.78, 5) is 26.1. The molecule has 1 aliphatic heterocycles. The zero-order valence-electron chi connectivity index (χ0n) is 15.5. The van der Waals surface area contributed by atoms with Crippen molar-refractivity contribution in [2.24, 2.45) is 11.3 Å². The van der Waals surface area contributed by atoms with Crippen molar-refractivity contribution in [1.29, 1.82) is 0 Å². The van der Waals surface area contributed by atoms with Gasteiger partial charge in [0.15, 0.2) is 0 Å². The molecule has 0 saturated carbocycles. The van der Waals surface area contributed by atoms with Gasteiger partial charge in [-0.25, -0.2) is 0 Å². The molecule has 0 unspecified atom stereocenters. The molecule has 0 radical (unpaired) electrons. The molecule has 1 heterocycles. The number of nitrogens with zero attached hydrogens (tertiary/aromatic N) is 1. The molecule has 0 saturated heterocycles. The lowest BCUT2D eigenvalue weighted by molar-refractivity contribution is -0.141. The van der Waals surface area contributed by atoms with Gasteiger partial charge in [0.05, 0.1) is 6.04 Å². The molecule has 0 spiro atoms. The Bertz CT molecular complexity index is 713. The minimum Gasteiger partial charge on any atom is -0.269 e. The molecule has 128 valence electrons. The molecular formula is C21H27NO2. The van der Waals surface area contributed by atoms with E-state index in [9.17, 15) is 9.59 Å². The number of rotatable bonds is 1. The van der Waals surface area contributed by atoms with E-state index in [0.717, 1.165) is 12.0 Å². The predicted octanol–water partition coefficient (Wildman–Crippen LogP) is 4.17. The number of carbonyl (C=O) groups is 2. The van der Waals surface area contributed by atoms with Gasteiger partial charge in [-0.3, -0.25) is 14.5 Å². The van der Waals surface area contributed by atoms with E-state index in [0.29, 0.717) is 0 Å². The molecule has 3 rings (SSSR count). The number of fused-ring (bicyclic) bond motifs is 1. The quantitative estimate of drug-likeness (QED) is 0.727. The van der Waals surface area contributed by atoms with E-state index in [4.69, 9.17) is 0 Å². The van der Waals surface area contributed by atoms with E-state index < -0.39 is 0 Å². The van der Waals surface area contributed by atoms with E-state index >= 15 is 0 Å². The molecule has 1 aliphatic carbocycles. The molecule has 24 heavy (non-hydrogen) atoms. The first-order valence-corrected chi connectivity index (χ1v) is 8.68. The van der Waals surface area contributed by atoms with Gasteiger partial charge >= 0.3 is 0 Å². The molecule has 1 aromatic rings. The summed E-state index contributed by atoms with van der Waals surface area (Å²) in [6, 6.07) is 6.39. The second-order valence-electron chi connectivity index (χ2n) is 9.16. The second kappa shape index (κ2) is 5.30. The molecule has 3 nitrogen and oxygen atoms in total. The Morgan fingerprint density at radius 2 is 1.54 bits per heavy atom. The van der Waals surface area contributed by atoms with Crippen LogP contribution in [-0.2, 0) is 21.4 Å². The normalized spacial score (nSPS) is 24.0. The summed E-state index contributed by atoms with van der Waals surface area (Å²) in [6.45, 7) is 13.2. The molecule has 0 bridgehead atoms. The minimum absolute atomic E-state index is 0.00866. The lowest BCUT2D eigenvalue weighted by Crippen LogP contribution is -2.40. The summed E-state index contributed by atoms with van der Waals surface area (Å²) in [5.74, 6) is -0.144. The molecule has 0 N–H and O–H groups in total. The average molecular weight is 325 g/mol. The Balaban J connectivity index is 2.09. The molecule has 2 atom stereocenters. The Kier molecular flexibility index (Phi) is 3.74. The first kappa shape index (κ1) is 16.9. The van der Waals surface area contributed by atoms with Crippen LogP contribution in [0, 0.1) is 11.3 Å². The maximum absolute atomic E-state index is 12.3. The number of hydrogen-bond acceptors (Lipinski definition) is 2. The van der Waals surface area contributed by atoms with Crippen LogP contribution >= 0.6 is 0 Å². The Morgan fingerprint density at radius 1 is 0.958 bits per heavy atom. The zero-order chi connectivity index (χ0) is 17.9. The number of hydrogen-bond donors (Lipinski definition) is 0. The number of carbonyl (C=O) groups excluding carboxylic acids is 2. The fraction of sp³-hybridized carbons (Fsp3) is 0.524. The first-order valence-electron chi connectivity index (χ1n) is 8.68. The highest BCUT2D eigenvalue weighted by molar-refractivity contribution is 6.13. The maximum atomic E-state index is 12.3. The van der Waals surface area contributed by atoms with E-state index in [2.05, 4.69) is 59.7 Å². The summed E-state index contributed by atoms with van der Waals surface area (Å²) in [5.41, 5.74) is 3.81. The topological polar surface area (TPSA) is 37.4 Å². The van der Waals surface area contributed by atoms with E-state index in [1.54, 1.807) is 0 Å². The van der Waals surface area contributed by atoms with Crippen LogP contribution in [0.4, 0.5) is 0 Å². The minimum atomic E-state index is -0.188. The van der Waals surface area contributed by atoms with Crippen molar-refractivity contribution < 1.29 is 9.59 Å². The first-order chi connectivity index (χ1) is 11.0. The highest BCUT2D eigenvalue weighted by Gasteiger charge is 2.46. The SMILES string of the molecule is CC(C)(C)c1ccc2c(c1)C[C@@H](C(C)(C)C)[C@@H]2N1C(=O)C=CC1=O. The van der Waals surface area contributed by atoms with Crippen LogP contribution in [0.1, 0.15) is 64.3 Å². The number of benzene rings is 1. The summed E-state index contributed by atoms with van der Waals surface area (Å²) in [7, 11) is 0. The van der Waals surface area contributed by atoms with Gasteiger partial charge in [-0.05, 0) is 39.9 Å². The van der Waals surface area contributed by atoms with Crippen LogP contribution < -0.4 is 0 Å². The summed E-state index contributed by atoms with van der Waals surface area (Å²) >= 11 is 0. The van der Waals surface area contributed by atoms with Crippen LogP contribution in [0.25, 0.3) is 0 Å². The average Bonchev–Trinajstić information content (AvgIpc) is 2.97. The van der Waals surface area contributed by atoms with Gasteiger partial charge < -0.3 is 0 Å². The highest BCUT2D eigenvalue weighted by Crippen LogP contribution is 2.49. The van der Waals surface area contributed by atoms with E-state index in [1.807, 2.05) is 0 Å². The fourth-order valence-electron chi connectivity index (χ4n) is 3.89. The van der Waals surface area contributed by atoms with Gasteiger partial charge in [0.2, 0.25) is 0 Å². The largest absolute Gasteiger partial charge is 0.269 e. The molecular weight excluding hydrogens is 298 g/mol. The summed E-state index contributed by atoms with van der Waals surface area (Å²) in [5, 5.41) is 0. The third-order valence-corrected chi connectivity index (χ3v) is 5.38. The highest BCUT2D eigenvalue weighted by atomic mass is 16.2. The monoisotopic (exact) mass is 325 g/mol. The van der Waals surface area contributed by atoms with E-state index in [1.165, 1.54) is 28.2 Å². The molecule has 0 aromatic heterocycles. The standard InChI is InChI=1S/C21H27NO2/c1-20(2,3)14-7-8-15-13(11-14)12-16(21(4,5)6)19(15)22-17(23)9-10-18(22)24/h7-11,16,19H,12H2,1-6H3/t16-,19-/m1/s1. The lowest BCUT2D eigenvalue weighted by atomic mass is 9.76. The van der Waals surface area contributed by atoms with Crippen molar-refractivity contribution in [2.45, 2.75) is 59.4 Å². The third kappa shape index (κ3) is 2.70. The molecule has 3 heteroatoms. The van der Waals surface area contributed by atoms with Crippen LogP contribution in [-0.4, -0.2) is 16.7 Å². The van der Waals surface area contributed by atoms with Crippen molar-refractivity contribution in [3.63, 3.8) is 0 Å². The summed E-state index contributed by atoms with van der Waals surface area (Å²) in [6.07, 6.45) is 3.69.